The molecule has 54 valence electrons. The fourth-order valence-corrected chi connectivity index (χ4v) is 1.13. The van der Waals surface area contributed by atoms with Gasteiger partial charge < -0.3 is 4.52 Å². The van der Waals surface area contributed by atoms with E-state index < -0.39 is 0 Å². The summed E-state index contributed by atoms with van der Waals surface area (Å²) in [6.07, 6.45) is 1.21. The number of hydrogen-bond donors (Lipinski definition) is 0. The highest BCUT2D eigenvalue weighted by molar-refractivity contribution is 5.05. The van der Waals surface area contributed by atoms with E-state index in [1.165, 1.54) is 6.42 Å². The van der Waals surface area contributed by atoms with Crippen molar-refractivity contribution in [2.45, 2.75) is 26.2 Å². The van der Waals surface area contributed by atoms with Gasteiger partial charge in [-0.1, -0.05) is 12.1 Å². The van der Waals surface area contributed by atoms with E-state index in [-0.39, 0.29) is 0 Å². The highest BCUT2D eigenvalue weighted by atomic mass is 16.5. The van der Waals surface area contributed by atoms with Crippen LogP contribution in [0.1, 0.15) is 31.0 Å². The average molecular weight is 138 g/mol. The van der Waals surface area contributed by atoms with Crippen LogP contribution in [-0.2, 0) is 0 Å². The van der Waals surface area contributed by atoms with E-state index in [1.54, 1.807) is 0 Å². The first-order chi connectivity index (χ1) is 4.77. The van der Waals surface area contributed by atoms with E-state index in [2.05, 4.69) is 17.1 Å². The van der Waals surface area contributed by atoms with E-state index in [0.29, 0.717) is 5.92 Å². The molecule has 0 aliphatic heterocycles. The summed E-state index contributed by atoms with van der Waals surface area (Å²) in [7, 11) is 0. The quantitative estimate of drug-likeness (QED) is 0.590. The second-order valence-electron chi connectivity index (χ2n) is 3.00. The van der Waals surface area contributed by atoms with Crippen molar-refractivity contribution in [1.82, 2.24) is 10.1 Å². The molecule has 0 bridgehead atoms. The van der Waals surface area contributed by atoms with Gasteiger partial charge in [-0.05, 0) is 19.3 Å². The summed E-state index contributed by atoms with van der Waals surface area (Å²) in [4.78, 5) is 4.15. The van der Waals surface area contributed by atoms with Crippen molar-refractivity contribution >= 4 is 0 Å². The molecule has 1 aromatic rings. The largest absolute Gasteiger partial charge is 0.339 e. The van der Waals surface area contributed by atoms with Crippen molar-refractivity contribution < 1.29 is 4.52 Å². The Balaban J connectivity index is 2.20. The maximum Gasteiger partial charge on any atom is 0.230 e. The topological polar surface area (TPSA) is 38.9 Å². The lowest BCUT2D eigenvalue weighted by Gasteiger charge is -1.82. The SMILES string of the molecule is Cc1noc([C@@H]2C[C@H]2C)n1. The van der Waals surface area contributed by atoms with Crippen molar-refractivity contribution in [3.63, 3.8) is 0 Å². The van der Waals surface area contributed by atoms with Gasteiger partial charge in [-0.15, -0.1) is 0 Å². The lowest BCUT2D eigenvalue weighted by molar-refractivity contribution is 0.373. The van der Waals surface area contributed by atoms with E-state index in [9.17, 15) is 0 Å². The van der Waals surface area contributed by atoms with Gasteiger partial charge in [-0.25, -0.2) is 0 Å². The van der Waals surface area contributed by atoms with Gasteiger partial charge >= 0.3 is 0 Å². The smallest absolute Gasteiger partial charge is 0.230 e. The Morgan fingerprint density at radius 3 is 2.70 bits per heavy atom. The third-order valence-electron chi connectivity index (χ3n) is 1.97. The number of aryl methyl sites for hydroxylation is 1. The van der Waals surface area contributed by atoms with Crippen LogP contribution in [0, 0.1) is 12.8 Å². The molecule has 10 heavy (non-hydrogen) atoms. The molecule has 3 nitrogen and oxygen atoms in total. The average Bonchev–Trinajstić information content (AvgIpc) is 2.42. The lowest BCUT2D eigenvalue weighted by Crippen LogP contribution is -1.79. The van der Waals surface area contributed by atoms with E-state index in [0.717, 1.165) is 17.6 Å². The summed E-state index contributed by atoms with van der Waals surface area (Å²) in [6.45, 7) is 4.05. The Hall–Kier alpha value is -0.860. The monoisotopic (exact) mass is 138 g/mol. The lowest BCUT2D eigenvalue weighted by atomic mass is 10.3. The zero-order valence-corrected chi connectivity index (χ0v) is 6.16. The Kier molecular flexibility index (Phi) is 1.07. The molecule has 0 amide bonds. The molecule has 1 heterocycles. The van der Waals surface area contributed by atoms with Crippen molar-refractivity contribution in [3.05, 3.63) is 11.7 Å². The molecular weight excluding hydrogens is 128 g/mol. The standard InChI is InChI=1S/C7H10N2O/c1-4-3-6(4)7-8-5(2)9-10-7/h4,6H,3H2,1-2H3/t4-,6-/m1/s1. The highest BCUT2D eigenvalue weighted by Gasteiger charge is 2.38. The molecule has 0 saturated heterocycles. The first-order valence-electron chi connectivity index (χ1n) is 3.57. The summed E-state index contributed by atoms with van der Waals surface area (Å²) >= 11 is 0. The van der Waals surface area contributed by atoms with Crippen LogP contribution < -0.4 is 0 Å². The van der Waals surface area contributed by atoms with Crippen LogP contribution in [0.3, 0.4) is 0 Å². The van der Waals surface area contributed by atoms with E-state index in [1.807, 2.05) is 6.92 Å². The molecule has 0 N–H and O–H groups in total. The molecule has 0 unspecified atom stereocenters. The maximum absolute atomic E-state index is 5.00. The molecule has 3 heteroatoms. The van der Waals surface area contributed by atoms with Crippen LogP contribution >= 0.6 is 0 Å². The maximum atomic E-state index is 5.00. The van der Waals surface area contributed by atoms with Crippen molar-refractivity contribution in [3.8, 4) is 0 Å². The first-order valence-corrected chi connectivity index (χ1v) is 3.57. The third kappa shape index (κ3) is 0.818. The fraction of sp³-hybridized carbons (Fsp3) is 0.714. The summed E-state index contributed by atoms with van der Waals surface area (Å²) in [5, 5.41) is 3.73. The van der Waals surface area contributed by atoms with Gasteiger partial charge in [0.2, 0.25) is 5.89 Å². The van der Waals surface area contributed by atoms with Gasteiger partial charge in [-0.2, -0.15) is 4.98 Å². The molecule has 0 aromatic carbocycles. The normalized spacial score (nSPS) is 30.6. The molecule has 1 saturated carbocycles. The fourth-order valence-electron chi connectivity index (χ4n) is 1.13. The number of rotatable bonds is 1. The number of hydrogen-bond acceptors (Lipinski definition) is 3. The molecular formula is C7H10N2O. The molecule has 2 atom stereocenters. The van der Waals surface area contributed by atoms with Gasteiger partial charge in [0.1, 0.15) is 0 Å². The molecule has 1 fully saturated rings. The summed E-state index contributed by atoms with van der Waals surface area (Å²) in [5.74, 6) is 2.88. The second-order valence-corrected chi connectivity index (χ2v) is 3.00. The van der Waals surface area contributed by atoms with E-state index >= 15 is 0 Å². The van der Waals surface area contributed by atoms with Gasteiger partial charge in [0, 0.05) is 5.92 Å². The Morgan fingerprint density at radius 1 is 1.60 bits per heavy atom. The first kappa shape index (κ1) is 5.89. The predicted octanol–water partition coefficient (Wildman–Crippen LogP) is 1.50. The zero-order chi connectivity index (χ0) is 7.14. The van der Waals surface area contributed by atoms with Crippen LogP contribution in [0.15, 0.2) is 4.52 Å². The van der Waals surface area contributed by atoms with Crippen LogP contribution in [0.2, 0.25) is 0 Å². The summed E-state index contributed by atoms with van der Waals surface area (Å²) < 4.78 is 5.00. The van der Waals surface area contributed by atoms with Gasteiger partial charge in [0.25, 0.3) is 0 Å². The van der Waals surface area contributed by atoms with Crippen molar-refractivity contribution in [2.24, 2.45) is 5.92 Å². The van der Waals surface area contributed by atoms with Crippen LogP contribution in [0.4, 0.5) is 0 Å². The predicted molar refractivity (Wildman–Crippen MR) is 35.6 cm³/mol. The summed E-state index contributed by atoms with van der Waals surface area (Å²) in [6, 6.07) is 0. The molecule has 0 radical (unpaired) electrons. The molecule has 2 rings (SSSR count). The molecule has 0 spiro atoms. The van der Waals surface area contributed by atoms with Crippen LogP contribution in [0.25, 0.3) is 0 Å². The Morgan fingerprint density at radius 2 is 2.30 bits per heavy atom. The van der Waals surface area contributed by atoms with Gasteiger partial charge in [-0.3, -0.25) is 0 Å². The zero-order valence-electron chi connectivity index (χ0n) is 6.16. The minimum absolute atomic E-state index is 0.557. The van der Waals surface area contributed by atoms with Crippen LogP contribution in [0.5, 0.6) is 0 Å². The summed E-state index contributed by atoms with van der Waals surface area (Å²) in [5.41, 5.74) is 0. The van der Waals surface area contributed by atoms with Gasteiger partial charge in [0.15, 0.2) is 5.82 Å². The third-order valence-corrected chi connectivity index (χ3v) is 1.97. The minimum Gasteiger partial charge on any atom is -0.339 e. The minimum atomic E-state index is 0.557. The molecule has 1 aliphatic carbocycles. The van der Waals surface area contributed by atoms with E-state index in [4.69, 9.17) is 4.52 Å². The number of aromatic nitrogens is 2. The van der Waals surface area contributed by atoms with Crippen LogP contribution in [-0.4, -0.2) is 10.1 Å². The van der Waals surface area contributed by atoms with Gasteiger partial charge in [0.05, 0.1) is 0 Å². The van der Waals surface area contributed by atoms with Crippen molar-refractivity contribution in [1.29, 1.82) is 0 Å². The molecule has 1 aliphatic rings. The second kappa shape index (κ2) is 1.81. The number of nitrogens with zero attached hydrogens (tertiary/aromatic N) is 2. The Labute approximate surface area is 59.4 Å². The van der Waals surface area contributed by atoms with Crippen molar-refractivity contribution in [2.75, 3.05) is 0 Å². The highest BCUT2D eigenvalue weighted by Crippen LogP contribution is 2.45. The molecule has 1 aromatic heterocycles. The Bertz CT molecular complexity index is 244.